The Kier molecular flexibility index (Phi) is 3.75. The molecule has 5 heteroatoms. The van der Waals surface area contributed by atoms with Crippen LogP contribution < -0.4 is 11.1 Å². The predicted octanol–water partition coefficient (Wildman–Crippen LogP) is 2.04. The van der Waals surface area contributed by atoms with Crippen LogP contribution in [0.4, 0.5) is 10.1 Å². The Morgan fingerprint density at radius 1 is 1.42 bits per heavy atom. The Balaban J connectivity index is 2.05. The lowest BCUT2D eigenvalue weighted by Gasteiger charge is -2.07. The van der Waals surface area contributed by atoms with Crippen molar-refractivity contribution in [3.05, 3.63) is 59.2 Å². The van der Waals surface area contributed by atoms with Crippen molar-refractivity contribution in [3.8, 4) is 0 Å². The van der Waals surface area contributed by atoms with Crippen molar-refractivity contribution in [2.45, 2.75) is 13.5 Å². The molecule has 0 aliphatic heterocycles. The number of anilines is 1. The lowest BCUT2D eigenvalue weighted by Crippen LogP contribution is -2.24. The number of nitrogens with zero attached hydrogens (tertiary/aromatic N) is 1. The molecule has 1 amide bonds. The second-order valence-corrected chi connectivity index (χ2v) is 4.19. The summed E-state index contributed by atoms with van der Waals surface area (Å²) in [6.07, 6.45) is 1.67. The fraction of sp³-hybridized carbons (Fsp3) is 0.143. The molecule has 1 heterocycles. The summed E-state index contributed by atoms with van der Waals surface area (Å²) in [7, 11) is 0. The number of nitrogens with two attached hydrogens (primary N) is 1. The van der Waals surface area contributed by atoms with Crippen LogP contribution >= 0.6 is 0 Å². The summed E-state index contributed by atoms with van der Waals surface area (Å²) in [6, 6.07) is 7.64. The van der Waals surface area contributed by atoms with E-state index in [-0.39, 0.29) is 11.6 Å². The normalized spacial score (nSPS) is 10.2. The number of rotatable bonds is 3. The summed E-state index contributed by atoms with van der Waals surface area (Å²) in [5.41, 5.74) is 7.51. The molecule has 0 unspecified atom stereocenters. The number of carbonyl (C=O) groups is 1. The van der Waals surface area contributed by atoms with Crippen LogP contribution in [0.15, 0.2) is 36.5 Å². The maximum absolute atomic E-state index is 13.0. The number of hydrogen-bond acceptors (Lipinski definition) is 3. The van der Waals surface area contributed by atoms with Crippen LogP contribution in [0.25, 0.3) is 0 Å². The third-order valence-electron chi connectivity index (χ3n) is 2.79. The van der Waals surface area contributed by atoms with Crippen LogP contribution in [0.2, 0.25) is 0 Å². The Morgan fingerprint density at radius 3 is 2.89 bits per heavy atom. The van der Waals surface area contributed by atoms with Gasteiger partial charge in [-0.3, -0.25) is 9.78 Å². The number of nitrogens with one attached hydrogen (secondary N) is 1. The number of aromatic nitrogens is 1. The molecule has 2 rings (SSSR count). The maximum atomic E-state index is 13.0. The molecule has 98 valence electrons. The quantitative estimate of drug-likeness (QED) is 0.829. The number of hydrogen-bond donors (Lipinski definition) is 2. The minimum atomic E-state index is -0.530. The fourth-order valence-corrected chi connectivity index (χ4v) is 1.65. The van der Waals surface area contributed by atoms with Crippen molar-refractivity contribution in [2.75, 3.05) is 5.73 Å². The van der Waals surface area contributed by atoms with E-state index in [1.54, 1.807) is 6.20 Å². The molecule has 4 nitrogen and oxygen atoms in total. The van der Waals surface area contributed by atoms with Crippen molar-refractivity contribution >= 4 is 11.6 Å². The Morgan fingerprint density at radius 2 is 2.21 bits per heavy atom. The number of aryl methyl sites for hydroxylation is 1. The minimum absolute atomic E-state index is 0.0401. The van der Waals surface area contributed by atoms with E-state index in [0.29, 0.717) is 12.1 Å². The van der Waals surface area contributed by atoms with Crippen LogP contribution in [0.5, 0.6) is 0 Å². The van der Waals surface area contributed by atoms with Gasteiger partial charge in [0.25, 0.3) is 5.91 Å². The summed E-state index contributed by atoms with van der Waals surface area (Å²) in [5.74, 6) is -0.839. The molecule has 0 radical (unpaired) electrons. The van der Waals surface area contributed by atoms with Crippen molar-refractivity contribution in [3.63, 3.8) is 0 Å². The number of pyridine rings is 1. The molecule has 0 atom stereocenters. The molecule has 0 fully saturated rings. The molecule has 1 aromatic carbocycles. The van der Waals surface area contributed by atoms with Crippen molar-refractivity contribution in [2.24, 2.45) is 0 Å². The Hall–Kier alpha value is -2.43. The second kappa shape index (κ2) is 5.48. The van der Waals surface area contributed by atoms with E-state index in [9.17, 15) is 9.18 Å². The van der Waals surface area contributed by atoms with Crippen LogP contribution in [-0.4, -0.2) is 10.9 Å². The highest BCUT2D eigenvalue weighted by molar-refractivity contribution is 5.94. The zero-order valence-electron chi connectivity index (χ0n) is 10.5. The topological polar surface area (TPSA) is 68.0 Å². The largest absolute Gasteiger partial charge is 0.396 e. The summed E-state index contributed by atoms with van der Waals surface area (Å²) in [5, 5.41) is 2.72. The third-order valence-corrected chi connectivity index (χ3v) is 2.79. The molecule has 0 aliphatic rings. The van der Waals surface area contributed by atoms with E-state index in [1.165, 1.54) is 18.2 Å². The average Bonchev–Trinajstić information content (AvgIpc) is 2.40. The molecule has 0 aliphatic carbocycles. The van der Waals surface area contributed by atoms with Gasteiger partial charge in [0.05, 0.1) is 17.9 Å². The van der Waals surface area contributed by atoms with Crippen molar-refractivity contribution in [1.29, 1.82) is 0 Å². The minimum Gasteiger partial charge on any atom is -0.396 e. The highest BCUT2D eigenvalue weighted by atomic mass is 19.1. The molecule has 2 aromatic rings. The smallest absolute Gasteiger partial charge is 0.251 e. The predicted molar refractivity (Wildman–Crippen MR) is 71.0 cm³/mol. The average molecular weight is 259 g/mol. The highest BCUT2D eigenvalue weighted by Gasteiger charge is 2.08. The Labute approximate surface area is 110 Å². The second-order valence-electron chi connectivity index (χ2n) is 4.19. The first-order valence-corrected chi connectivity index (χ1v) is 5.81. The first kappa shape index (κ1) is 13.0. The first-order valence-electron chi connectivity index (χ1n) is 5.81. The van der Waals surface area contributed by atoms with Gasteiger partial charge in [-0.15, -0.1) is 0 Å². The van der Waals surface area contributed by atoms with E-state index >= 15 is 0 Å². The fourth-order valence-electron chi connectivity index (χ4n) is 1.65. The number of nitrogen functional groups attached to an aromatic ring is 1. The van der Waals surface area contributed by atoms with Gasteiger partial charge in [0.2, 0.25) is 0 Å². The monoisotopic (exact) mass is 259 g/mol. The van der Waals surface area contributed by atoms with Gasteiger partial charge in [-0.05, 0) is 36.8 Å². The van der Waals surface area contributed by atoms with E-state index in [2.05, 4.69) is 10.3 Å². The number of benzene rings is 1. The molecule has 0 saturated carbocycles. The summed E-state index contributed by atoms with van der Waals surface area (Å²) in [4.78, 5) is 16.1. The summed E-state index contributed by atoms with van der Waals surface area (Å²) in [6.45, 7) is 2.24. The maximum Gasteiger partial charge on any atom is 0.251 e. The van der Waals surface area contributed by atoms with Gasteiger partial charge in [0, 0.05) is 11.8 Å². The van der Waals surface area contributed by atoms with Crippen LogP contribution in [0, 0.1) is 12.7 Å². The van der Waals surface area contributed by atoms with E-state index in [4.69, 9.17) is 5.73 Å². The van der Waals surface area contributed by atoms with Gasteiger partial charge in [0.15, 0.2) is 0 Å². The molecule has 1 aromatic heterocycles. The van der Waals surface area contributed by atoms with Crippen LogP contribution in [0.1, 0.15) is 21.6 Å². The van der Waals surface area contributed by atoms with Gasteiger partial charge in [0.1, 0.15) is 5.82 Å². The lowest BCUT2D eigenvalue weighted by molar-refractivity contribution is 0.0950. The van der Waals surface area contributed by atoms with E-state index < -0.39 is 5.82 Å². The highest BCUT2D eigenvalue weighted by Crippen LogP contribution is 2.12. The molecule has 0 bridgehead atoms. The van der Waals surface area contributed by atoms with Gasteiger partial charge in [-0.2, -0.15) is 0 Å². The Bertz CT molecular complexity index is 613. The van der Waals surface area contributed by atoms with Gasteiger partial charge in [-0.25, -0.2) is 4.39 Å². The number of amides is 1. The molecule has 19 heavy (non-hydrogen) atoms. The van der Waals surface area contributed by atoms with E-state index in [1.807, 2.05) is 19.1 Å². The van der Waals surface area contributed by atoms with Crippen molar-refractivity contribution < 1.29 is 9.18 Å². The molecule has 0 saturated heterocycles. The SMILES string of the molecule is Cc1cccnc1CNC(=O)c1ccc(F)c(N)c1. The molecule has 3 N–H and O–H groups in total. The van der Waals surface area contributed by atoms with Crippen molar-refractivity contribution in [1.82, 2.24) is 10.3 Å². The van der Waals surface area contributed by atoms with Crippen LogP contribution in [-0.2, 0) is 6.54 Å². The van der Waals surface area contributed by atoms with Gasteiger partial charge < -0.3 is 11.1 Å². The van der Waals surface area contributed by atoms with Gasteiger partial charge in [-0.1, -0.05) is 6.07 Å². The number of carbonyl (C=O) groups excluding carboxylic acids is 1. The first-order chi connectivity index (χ1) is 9.08. The van der Waals surface area contributed by atoms with Gasteiger partial charge >= 0.3 is 0 Å². The lowest BCUT2D eigenvalue weighted by atomic mass is 10.1. The van der Waals surface area contributed by atoms with Crippen LogP contribution in [0.3, 0.4) is 0 Å². The zero-order chi connectivity index (χ0) is 13.8. The summed E-state index contributed by atoms with van der Waals surface area (Å²) >= 11 is 0. The standard InChI is InChI=1S/C14H14FN3O/c1-9-3-2-6-17-13(9)8-18-14(19)10-4-5-11(15)12(16)7-10/h2-7H,8,16H2,1H3,(H,18,19). The summed E-state index contributed by atoms with van der Waals surface area (Å²) < 4.78 is 13.0. The molecular formula is C14H14FN3O. The zero-order valence-corrected chi connectivity index (χ0v) is 10.5. The number of halogens is 1. The molecule has 0 spiro atoms. The third kappa shape index (κ3) is 3.07. The van der Waals surface area contributed by atoms with E-state index in [0.717, 1.165) is 11.3 Å². The molecular weight excluding hydrogens is 245 g/mol.